The summed E-state index contributed by atoms with van der Waals surface area (Å²) in [6.07, 6.45) is 0. The molecule has 0 N–H and O–H groups in total. The molecule has 0 atom stereocenters. The molecule has 1 aromatic heterocycles. The molecule has 0 saturated carbocycles. The van der Waals surface area contributed by atoms with Crippen molar-refractivity contribution in [2.45, 2.75) is 20.8 Å². The van der Waals surface area contributed by atoms with Gasteiger partial charge in [0, 0.05) is 11.3 Å². The number of Topliss-reactive ketones (excluding diaryl/α,β-unsaturated/α-hetero) is 1. The number of rotatable bonds is 3. The lowest BCUT2D eigenvalue weighted by Gasteiger charge is -2.14. The third-order valence-electron chi connectivity index (χ3n) is 2.99. The van der Waals surface area contributed by atoms with E-state index in [1.807, 2.05) is 45.0 Å². The lowest BCUT2D eigenvalue weighted by atomic mass is 9.96. The Balaban J connectivity index is 2.85. The first-order chi connectivity index (χ1) is 8.56. The predicted octanol–water partition coefficient (Wildman–Crippen LogP) is 3.39. The largest absolute Gasteiger partial charge is 0.494 e. The second-order valence-corrected chi connectivity index (χ2v) is 4.64. The summed E-state index contributed by atoms with van der Waals surface area (Å²) in [6, 6.07) is 7.67. The molecule has 0 fully saturated rings. The Kier molecular flexibility index (Phi) is 3.32. The van der Waals surface area contributed by atoms with Crippen LogP contribution in [0, 0.1) is 12.8 Å². The number of ether oxygens (including phenoxy) is 1. The van der Waals surface area contributed by atoms with Crippen LogP contribution in [0.4, 0.5) is 0 Å². The molecule has 0 radical (unpaired) electrons. The molecule has 0 aliphatic heterocycles. The Morgan fingerprint density at radius 3 is 2.56 bits per heavy atom. The highest BCUT2D eigenvalue weighted by Crippen LogP contribution is 2.31. The number of fused-ring (bicyclic) bond motifs is 1. The van der Waals surface area contributed by atoms with Gasteiger partial charge in [-0.05, 0) is 13.0 Å². The molecule has 0 aliphatic rings. The first-order valence-corrected chi connectivity index (χ1v) is 6.03. The molecule has 2 rings (SSSR count). The molecule has 2 aromatic rings. The quantitative estimate of drug-likeness (QED) is 0.776. The number of hydrogen-bond donors (Lipinski definition) is 0. The number of para-hydroxylation sites is 1. The molecule has 94 valence electrons. The van der Waals surface area contributed by atoms with Gasteiger partial charge in [0.1, 0.15) is 0 Å². The van der Waals surface area contributed by atoms with Gasteiger partial charge in [-0.1, -0.05) is 32.0 Å². The Morgan fingerprint density at radius 2 is 1.94 bits per heavy atom. The van der Waals surface area contributed by atoms with E-state index in [4.69, 9.17) is 4.74 Å². The van der Waals surface area contributed by atoms with E-state index in [-0.39, 0.29) is 11.7 Å². The summed E-state index contributed by atoms with van der Waals surface area (Å²) < 4.78 is 5.37. The lowest BCUT2D eigenvalue weighted by Crippen LogP contribution is -2.11. The zero-order chi connectivity index (χ0) is 13.3. The SMILES string of the molecule is COc1c(C)nc2ccccc2c1C(=O)C(C)C. The van der Waals surface area contributed by atoms with Gasteiger partial charge in [-0.25, -0.2) is 4.98 Å². The minimum atomic E-state index is -0.0656. The highest BCUT2D eigenvalue weighted by atomic mass is 16.5. The number of benzene rings is 1. The molecule has 3 nitrogen and oxygen atoms in total. The molecule has 0 amide bonds. The van der Waals surface area contributed by atoms with E-state index in [9.17, 15) is 4.79 Å². The van der Waals surface area contributed by atoms with E-state index in [0.29, 0.717) is 11.3 Å². The van der Waals surface area contributed by atoms with E-state index in [2.05, 4.69) is 4.98 Å². The maximum atomic E-state index is 12.4. The van der Waals surface area contributed by atoms with Gasteiger partial charge in [-0.2, -0.15) is 0 Å². The third kappa shape index (κ3) is 1.96. The molecule has 0 aliphatic carbocycles. The van der Waals surface area contributed by atoms with Gasteiger partial charge in [0.15, 0.2) is 11.5 Å². The van der Waals surface area contributed by atoms with Gasteiger partial charge in [0.2, 0.25) is 0 Å². The van der Waals surface area contributed by atoms with E-state index in [0.717, 1.165) is 16.6 Å². The fourth-order valence-corrected chi connectivity index (χ4v) is 2.10. The van der Waals surface area contributed by atoms with Gasteiger partial charge < -0.3 is 4.74 Å². The van der Waals surface area contributed by atoms with Crippen LogP contribution in [0.15, 0.2) is 24.3 Å². The lowest BCUT2D eigenvalue weighted by molar-refractivity contribution is 0.0938. The highest BCUT2D eigenvalue weighted by Gasteiger charge is 2.21. The van der Waals surface area contributed by atoms with Gasteiger partial charge >= 0.3 is 0 Å². The van der Waals surface area contributed by atoms with Gasteiger partial charge in [0.05, 0.1) is 23.9 Å². The monoisotopic (exact) mass is 243 g/mol. The molecule has 18 heavy (non-hydrogen) atoms. The first kappa shape index (κ1) is 12.6. The van der Waals surface area contributed by atoms with Gasteiger partial charge in [0.25, 0.3) is 0 Å². The second-order valence-electron chi connectivity index (χ2n) is 4.64. The Labute approximate surface area is 107 Å². The normalized spacial score (nSPS) is 10.9. The number of nitrogens with zero attached hydrogens (tertiary/aromatic N) is 1. The Bertz CT molecular complexity index is 603. The molecule has 3 heteroatoms. The molecule has 0 bridgehead atoms. The maximum Gasteiger partial charge on any atom is 0.169 e. The Morgan fingerprint density at radius 1 is 1.28 bits per heavy atom. The van der Waals surface area contributed by atoms with Crippen molar-refractivity contribution in [1.29, 1.82) is 0 Å². The maximum absolute atomic E-state index is 12.4. The van der Waals surface area contributed by atoms with Gasteiger partial charge in [-0.15, -0.1) is 0 Å². The summed E-state index contributed by atoms with van der Waals surface area (Å²) in [5.74, 6) is 0.616. The minimum absolute atomic E-state index is 0.0656. The summed E-state index contributed by atoms with van der Waals surface area (Å²) in [5, 5.41) is 0.860. The van der Waals surface area contributed by atoms with Crippen LogP contribution in [0.1, 0.15) is 29.9 Å². The summed E-state index contributed by atoms with van der Waals surface area (Å²) >= 11 is 0. The molecular formula is C15H17NO2. The van der Waals surface area contributed by atoms with Crippen LogP contribution in [-0.2, 0) is 0 Å². The van der Waals surface area contributed by atoms with Crippen molar-refractivity contribution in [2.24, 2.45) is 5.92 Å². The number of carbonyl (C=O) groups excluding carboxylic acids is 1. The van der Waals surface area contributed by atoms with E-state index < -0.39 is 0 Å². The second kappa shape index (κ2) is 4.77. The molecule has 1 aromatic carbocycles. The summed E-state index contributed by atoms with van der Waals surface area (Å²) in [4.78, 5) is 16.9. The van der Waals surface area contributed by atoms with Crippen LogP contribution in [-0.4, -0.2) is 17.9 Å². The van der Waals surface area contributed by atoms with Gasteiger partial charge in [-0.3, -0.25) is 4.79 Å². The highest BCUT2D eigenvalue weighted by molar-refractivity contribution is 6.10. The Hall–Kier alpha value is -1.90. The molecule has 0 unspecified atom stereocenters. The molecule has 0 saturated heterocycles. The summed E-state index contributed by atoms with van der Waals surface area (Å²) in [5.41, 5.74) is 2.23. The average Bonchev–Trinajstić information content (AvgIpc) is 2.36. The third-order valence-corrected chi connectivity index (χ3v) is 2.99. The van der Waals surface area contributed by atoms with Crippen molar-refractivity contribution in [3.63, 3.8) is 0 Å². The van der Waals surface area contributed by atoms with Crippen molar-refractivity contribution in [3.05, 3.63) is 35.5 Å². The zero-order valence-electron chi connectivity index (χ0n) is 11.2. The first-order valence-electron chi connectivity index (χ1n) is 6.03. The molecule has 0 spiro atoms. The molecular weight excluding hydrogens is 226 g/mol. The number of ketones is 1. The van der Waals surface area contributed by atoms with Crippen molar-refractivity contribution in [1.82, 2.24) is 4.98 Å². The van der Waals surface area contributed by atoms with Crippen LogP contribution in [0.2, 0.25) is 0 Å². The van der Waals surface area contributed by atoms with Crippen molar-refractivity contribution < 1.29 is 9.53 Å². The van der Waals surface area contributed by atoms with Crippen molar-refractivity contribution in [3.8, 4) is 5.75 Å². The average molecular weight is 243 g/mol. The summed E-state index contributed by atoms with van der Waals surface area (Å²) in [6.45, 7) is 5.65. The fraction of sp³-hybridized carbons (Fsp3) is 0.333. The summed E-state index contributed by atoms with van der Waals surface area (Å²) in [7, 11) is 1.58. The fourth-order valence-electron chi connectivity index (χ4n) is 2.10. The number of pyridine rings is 1. The van der Waals surface area contributed by atoms with Crippen LogP contribution in [0.3, 0.4) is 0 Å². The number of carbonyl (C=O) groups is 1. The predicted molar refractivity (Wildman–Crippen MR) is 72.2 cm³/mol. The number of aromatic nitrogens is 1. The van der Waals surface area contributed by atoms with E-state index >= 15 is 0 Å². The van der Waals surface area contributed by atoms with Crippen molar-refractivity contribution >= 4 is 16.7 Å². The van der Waals surface area contributed by atoms with Crippen molar-refractivity contribution in [2.75, 3.05) is 7.11 Å². The number of aryl methyl sites for hydroxylation is 1. The smallest absolute Gasteiger partial charge is 0.169 e. The zero-order valence-corrected chi connectivity index (χ0v) is 11.2. The van der Waals surface area contributed by atoms with Crippen LogP contribution in [0.25, 0.3) is 10.9 Å². The van der Waals surface area contributed by atoms with E-state index in [1.165, 1.54) is 0 Å². The number of methoxy groups -OCH3 is 1. The molecule has 1 heterocycles. The van der Waals surface area contributed by atoms with E-state index in [1.54, 1.807) is 7.11 Å². The number of hydrogen-bond acceptors (Lipinski definition) is 3. The standard InChI is InChI=1S/C15H17NO2/c1-9(2)14(17)13-11-7-5-6-8-12(11)16-10(3)15(13)18-4/h5-9H,1-4H3. The van der Waals surface area contributed by atoms with Crippen LogP contribution >= 0.6 is 0 Å². The topological polar surface area (TPSA) is 39.2 Å². The van der Waals surface area contributed by atoms with Crippen LogP contribution in [0.5, 0.6) is 5.75 Å². The minimum Gasteiger partial charge on any atom is -0.494 e. The van der Waals surface area contributed by atoms with Crippen LogP contribution < -0.4 is 4.74 Å².